The van der Waals surface area contributed by atoms with E-state index in [-0.39, 0.29) is 6.61 Å². The monoisotopic (exact) mass is 264 g/mol. The molecule has 0 heterocycles. The summed E-state index contributed by atoms with van der Waals surface area (Å²) in [5.41, 5.74) is 6.90. The van der Waals surface area contributed by atoms with E-state index >= 15 is 0 Å². The molecule has 0 spiro atoms. The lowest BCUT2D eigenvalue weighted by atomic mass is 9.87. The molecule has 20 heavy (non-hydrogen) atoms. The minimum atomic E-state index is 0.273. The Morgan fingerprint density at radius 3 is 2.60 bits per heavy atom. The van der Waals surface area contributed by atoms with E-state index in [1.807, 2.05) is 0 Å². The number of aliphatic hydroxyl groups excluding tert-OH is 1. The third-order valence-corrected chi connectivity index (χ3v) is 3.97. The summed E-state index contributed by atoms with van der Waals surface area (Å²) in [6.07, 6.45) is 6.37. The van der Waals surface area contributed by atoms with Gasteiger partial charge in [0.1, 0.15) is 0 Å². The summed E-state index contributed by atoms with van der Waals surface area (Å²) in [7, 11) is 0. The summed E-state index contributed by atoms with van der Waals surface area (Å²) < 4.78 is 0. The lowest BCUT2D eigenvalue weighted by molar-refractivity contribution is 0.288. The van der Waals surface area contributed by atoms with Crippen LogP contribution in [-0.4, -0.2) is 11.7 Å². The first-order chi connectivity index (χ1) is 9.86. The zero-order valence-corrected chi connectivity index (χ0v) is 11.7. The van der Waals surface area contributed by atoms with E-state index in [1.165, 1.54) is 27.8 Å². The Morgan fingerprint density at radius 1 is 0.950 bits per heavy atom. The smallest absolute Gasteiger partial charge is 0.0434 e. The van der Waals surface area contributed by atoms with Crippen LogP contribution in [0.1, 0.15) is 35.1 Å². The zero-order valence-electron chi connectivity index (χ0n) is 11.7. The van der Waals surface area contributed by atoms with Gasteiger partial charge < -0.3 is 5.11 Å². The normalized spacial score (nSPS) is 13.8. The fourth-order valence-corrected chi connectivity index (χ4v) is 2.86. The van der Waals surface area contributed by atoms with E-state index in [0.717, 1.165) is 25.7 Å². The highest BCUT2D eigenvalue weighted by Gasteiger charge is 2.12. The molecule has 0 unspecified atom stereocenters. The SMILES string of the molecule is OCCCc1ccc2c(c1)CCC(c1ccccc1)=C2. The lowest BCUT2D eigenvalue weighted by Gasteiger charge is -2.18. The third-order valence-electron chi connectivity index (χ3n) is 3.97. The first-order valence-corrected chi connectivity index (χ1v) is 7.35. The summed E-state index contributed by atoms with van der Waals surface area (Å²) in [6, 6.07) is 17.4. The molecule has 1 aliphatic rings. The van der Waals surface area contributed by atoms with Crippen molar-refractivity contribution in [2.75, 3.05) is 6.61 Å². The molecular formula is C19H20O. The first kappa shape index (κ1) is 13.1. The second kappa shape index (κ2) is 6.06. The predicted molar refractivity (Wildman–Crippen MR) is 84.5 cm³/mol. The predicted octanol–water partition coefficient (Wildman–Crippen LogP) is 4.10. The van der Waals surface area contributed by atoms with E-state index < -0.39 is 0 Å². The topological polar surface area (TPSA) is 20.2 Å². The van der Waals surface area contributed by atoms with Crippen LogP contribution in [0.25, 0.3) is 11.6 Å². The summed E-state index contributed by atoms with van der Waals surface area (Å²) in [5, 5.41) is 8.92. The van der Waals surface area contributed by atoms with Gasteiger partial charge in [0, 0.05) is 6.61 Å². The fraction of sp³-hybridized carbons (Fsp3) is 0.263. The van der Waals surface area contributed by atoms with Gasteiger partial charge in [-0.3, -0.25) is 0 Å². The van der Waals surface area contributed by atoms with Crippen LogP contribution in [-0.2, 0) is 12.8 Å². The van der Waals surface area contributed by atoms with Crippen LogP contribution < -0.4 is 0 Å². The van der Waals surface area contributed by atoms with Crippen molar-refractivity contribution in [1.29, 1.82) is 0 Å². The Labute approximate surface area is 120 Å². The Hall–Kier alpha value is -1.86. The molecule has 102 valence electrons. The molecule has 1 heteroatoms. The number of hydrogen-bond acceptors (Lipinski definition) is 1. The van der Waals surface area contributed by atoms with E-state index in [1.54, 1.807) is 0 Å². The molecule has 1 nitrogen and oxygen atoms in total. The molecule has 0 bridgehead atoms. The number of hydrogen-bond donors (Lipinski definition) is 1. The largest absolute Gasteiger partial charge is 0.396 e. The average Bonchev–Trinajstić information content (AvgIpc) is 2.53. The number of aryl methyl sites for hydroxylation is 2. The highest BCUT2D eigenvalue weighted by molar-refractivity contribution is 5.84. The van der Waals surface area contributed by atoms with Gasteiger partial charge in [-0.05, 0) is 53.5 Å². The molecule has 0 fully saturated rings. The van der Waals surface area contributed by atoms with Crippen LogP contribution in [0.2, 0.25) is 0 Å². The summed E-state index contributed by atoms with van der Waals surface area (Å²) in [5.74, 6) is 0. The van der Waals surface area contributed by atoms with E-state index in [0.29, 0.717) is 0 Å². The van der Waals surface area contributed by atoms with E-state index in [9.17, 15) is 0 Å². The summed E-state index contributed by atoms with van der Waals surface area (Å²) in [4.78, 5) is 0. The Kier molecular flexibility index (Phi) is 3.98. The molecule has 3 rings (SSSR count). The third kappa shape index (κ3) is 2.83. The van der Waals surface area contributed by atoms with Crippen molar-refractivity contribution in [1.82, 2.24) is 0 Å². The van der Waals surface area contributed by atoms with Crippen LogP contribution in [0.3, 0.4) is 0 Å². The van der Waals surface area contributed by atoms with Crippen molar-refractivity contribution in [3.8, 4) is 0 Å². The molecule has 0 aromatic heterocycles. The van der Waals surface area contributed by atoms with Crippen molar-refractivity contribution < 1.29 is 5.11 Å². The second-order valence-electron chi connectivity index (χ2n) is 5.40. The minimum Gasteiger partial charge on any atom is -0.396 e. The van der Waals surface area contributed by atoms with Gasteiger partial charge in [0.25, 0.3) is 0 Å². The minimum absolute atomic E-state index is 0.273. The molecule has 2 aromatic rings. The maximum atomic E-state index is 8.92. The van der Waals surface area contributed by atoms with Gasteiger partial charge in [-0.2, -0.15) is 0 Å². The van der Waals surface area contributed by atoms with E-state index in [2.05, 4.69) is 54.6 Å². The van der Waals surface area contributed by atoms with Crippen LogP contribution in [0, 0.1) is 0 Å². The van der Waals surface area contributed by atoms with Crippen molar-refractivity contribution in [3.05, 3.63) is 70.8 Å². The van der Waals surface area contributed by atoms with Crippen LogP contribution in [0.5, 0.6) is 0 Å². The molecule has 0 atom stereocenters. The lowest BCUT2D eigenvalue weighted by Crippen LogP contribution is -2.01. The Bertz CT molecular complexity index is 611. The van der Waals surface area contributed by atoms with Crippen molar-refractivity contribution >= 4 is 11.6 Å². The Morgan fingerprint density at radius 2 is 1.80 bits per heavy atom. The highest BCUT2D eigenvalue weighted by atomic mass is 16.2. The number of rotatable bonds is 4. The van der Waals surface area contributed by atoms with Crippen LogP contribution in [0.15, 0.2) is 48.5 Å². The Balaban J connectivity index is 1.86. The molecule has 1 N–H and O–H groups in total. The van der Waals surface area contributed by atoms with Gasteiger partial charge in [0.15, 0.2) is 0 Å². The van der Waals surface area contributed by atoms with Crippen molar-refractivity contribution in [2.24, 2.45) is 0 Å². The molecular weight excluding hydrogens is 244 g/mol. The van der Waals surface area contributed by atoms with E-state index in [4.69, 9.17) is 5.11 Å². The summed E-state index contributed by atoms with van der Waals surface area (Å²) >= 11 is 0. The van der Waals surface area contributed by atoms with Gasteiger partial charge in [-0.25, -0.2) is 0 Å². The number of aliphatic hydroxyl groups is 1. The van der Waals surface area contributed by atoms with Crippen LogP contribution >= 0.6 is 0 Å². The van der Waals surface area contributed by atoms with Gasteiger partial charge in [0.2, 0.25) is 0 Å². The second-order valence-corrected chi connectivity index (χ2v) is 5.40. The van der Waals surface area contributed by atoms with Gasteiger partial charge in [-0.15, -0.1) is 0 Å². The molecule has 0 aliphatic heterocycles. The molecule has 0 amide bonds. The average molecular weight is 264 g/mol. The molecule has 0 saturated heterocycles. The van der Waals surface area contributed by atoms with Gasteiger partial charge >= 0.3 is 0 Å². The van der Waals surface area contributed by atoms with Crippen LogP contribution in [0.4, 0.5) is 0 Å². The standard InChI is InChI=1S/C19H20O/c20-12-4-5-15-8-9-19-14-18(11-10-17(19)13-15)16-6-2-1-3-7-16/h1-3,6-9,13-14,20H,4-5,10-12H2. The summed E-state index contributed by atoms with van der Waals surface area (Å²) in [6.45, 7) is 0.273. The van der Waals surface area contributed by atoms with Gasteiger partial charge in [-0.1, -0.05) is 54.6 Å². The number of allylic oxidation sites excluding steroid dienone is 1. The maximum absolute atomic E-state index is 8.92. The van der Waals surface area contributed by atoms with Crippen molar-refractivity contribution in [2.45, 2.75) is 25.7 Å². The highest BCUT2D eigenvalue weighted by Crippen LogP contribution is 2.30. The molecule has 1 aliphatic carbocycles. The quantitative estimate of drug-likeness (QED) is 0.881. The van der Waals surface area contributed by atoms with Crippen molar-refractivity contribution in [3.63, 3.8) is 0 Å². The molecule has 0 saturated carbocycles. The fourth-order valence-electron chi connectivity index (χ4n) is 2.86. The molecule has 0 radical (unpaired) electrons. The number of fused-ring (bicyclic) bond motifs is 1. The zero-order chi connectivity index (χ0) is 13.8. The first-order valence-electron chi connectivity index (χ1n) is 7.35. The number of benzene rings is 2. The van der Waals surface area contributed by atoms with Gasteiger partial charge in [0.05, 0.1) is 0 Å². The molecule has 2 aromatic carbocycles. The maximum Gasteiger partial charge on any atom is 0.0434 e.